The van der Waals surface area contributed by atoms with E-state index in [2.05, 4.69) is 54.8 Å². The molecule has 1 aromatic carbocycles. The van der Waals surface area contributed by atoms with Gasteiger partial charge in [0, 0.05) is 36.2 Å². The Kier molecular flexibility index (Phi) is 2.75. The van der Waals surface area contributed by atoms with E-state index in [0.717, 1.165) is 26.2 Å². The molecule has 1 aliphatic heterocycles. The standard InChI is InChI=1S/C15H24N2.H2/c1-15(2,3)13-5-7-14(8-6-13)17-11-9-16(4)10-12-17;/h5-8H,9-12H2,1-4H3;1H/i4T;1+2T. The van der Waals surface area contributed by atoms with Gasteiger partial charge in [0.1, 0.15) is 0 Å². The number of anilines is 1. The molecule has 0 N–H and O–H groups in total. The third-order valence-electron chi connectivity index (χ3n) is 3.47. The van der Waals surface area contributed by atoms with E-state index in [1.807, 2.05) is 0 Å². The number of benzene rings is 1. The minimum absolute atomic E-state index is 0.225. The van der Waals surface area contributed by atoms with Crippen molar-refractivity contribution >= 4 is 5.69 Å². The van der Waals surface area contributed by atoms with Gasteiger partial charge in [-0.25, -0.2) is 0 Å². The van der Waals surface area contributed by atoms with Crippen molar-refractivity contribution in [3.8, 4) is 0 Å². The number of hydrogen-bond donors (Lipinski definition) is 0. The number of rotatable bonds is 1. The summed E-state index contributed by atoms with van der Waals surface area (Å²) in [6, 6.07) is 8.95. The van der Waals surface area contributed by atoms with Crippen molar-refractivity contribution in [2.45, 2.75) is 26.2 Å². The van der Waals surface area contributed by atoms with Gasteiger partial charge < -0.3 is 9.80 Å². The van der Waals surface area contributed by atoms with Crippen molar-refractivity contribution in [3.63, 3.8) is 0 Å². The van der Waals surface area contributed by atoms with Crippen molar-refractivity contribution in [2.24, 2.45) is 0 Å². The van der Waals surface area contributed by atoms with Gasteiger partial charge in [0.25, 0.3) is 0 Å². The van der Waals surface area contributed by atoms with E-state index < -0.39 is 0 Å². The molecule has 17 heavy (non-hydrogen) atoms. The van der Waals surface area contributed by atoms with Crippen LogP contribution >= 0.6 is 0 Å². The van der Waals surface area contributed by atoms with E-state index in [4.69, 9.17) is 4.34 Å². The van der Waals surface area contributed by atoms with Crippen molar-refractivity contribution in [3.05, 3.63) is 29.8 Å². The van der Waals surface area contributed by atoms with E-state index in [1.165, 1.54) is 11.3 Å². The topological polar surface area (TPSA) is 6.48 Å². The third kappa shape index (κ3) is 3.01. The molecule has 0 radical (unpaired) electrons. The molecule has 0 atom stereocenters. The Bertz CT molecular complexity index is 379. The van der Waals surface area contributed by atoms with E-state index in [-0.39, 0.29) is 5.41 Å². The predicted molar refractivity (Wildman–Crippen MR) is 77.0 cm³/mol. The zero-order valence-electron chi connectivity index (χ0n) is 14.2. The monoisotopic (exact) mass is 240 g/mol. The van der Waals surface area contributed by atoms with E-state index in [0.29, 0.717) is 7.02 Å². The van der Waals surface area contributed by atoms with Crippen molar-refractivity contribution in [1.82, 2.24) is 4.90 Å². The molecule has 2 nitrogen and oxygen atoms in total. The highest BCUT2D eigenvalue weighted by molar-refractivity contribution is 5.49. The first kappa shape index (κ1) is 9.95. The summed E-state index contributed by atoms with van der Waals surface area (Å²) in [6.07, 6.45) is 0. The Hall–Kier alpha value is -1.02. The van der Waals surface area contributed by atoms with Crippen molar-refractivity contribution in [1.29, 1.82) is 0 Å². The molecule has 0 aliphatic carbocycles. The van der Waals surface area contributed by atoms with Crippen LogP contribution in [0.1, 0.15) is 30.7 Å². The molecule has 2 heteroatoms. The molecule has 0 unspecified atom stereocenters. The van der Waals surface area contributed by atoms with Crippen LogP contribution in [0.5, 0.6) is 0 Å². The molecule has 1 fully saturated rings. The van der Waals surface area contributed by atoms with E-state index in [1.54, 1.807) is 0 Å². The van der Waals surface area contributed by atoms with Gasteiger partial charge in [0.2, 0.25) is 0 Å². The highest BCUT2D eigenvalue weighted by Gasteiger charge is 2.16. The lowest BCUT2D eigenvalue weighted by Gasteiger charge is -2.34. The Morgan fingerprint density at radius 2 is 1.71 bits per heavy atom. The second kappa shape index (κ2) is 4.69. The summed E-state index contributed by atoms with van der Waals surface area (Å²) in [5.41, 5.74) is 2.92. The van der Waals surface area contributed by atoms with Gasteiger partial charge in [0.15, 0.2) is 0 Å². The van der Waals surface area contributed by atoms with Crippen LogP contribution in [0.2, 0.25) is 0 Å². The lowest BCUT2D eigenvalue weighted by atomic mass is 9.87. The van der Waals surface area contributed by atoms with Crippen molar-refractivity contribution < 1.29 is 4.34 Å². The summed E-state index contributed by atoms with van der Waals surface area (Å²) >= 11 is 0. The van der Waals surface area contributed by atoms with Crippen LogP contribution in [0.4, 0.5) is 5.69 Å². The Morgan fingerprint density at radius 3 is 2.18 bits per heavy atom. The van der Waals surface area contributed by atoms with Crippen LogP contribution in [0.3, 0.4) is 0 Å². The maximum Gasteiger partial charge on any atom is 0.0394 e. The number of likely N-dealkylation sites (N-methyl/N-ethyl adjacent to an activating group) is 1. The highest BCUT2D eigenvalue weighted by Crippen LogP contribution is 2.25. The Balaban J connectivity index is 0.000000956. The molecular formula is C15H26N2. The van der Waals surface area contributed by atoms with Gasteiger partial charge in [-0.05, 0) is 30.1 Å². The fourth-order valence-corrected chi connectivity index (χ4v) is 2.18. The fraction of sp³-hybridized carbons (Fsp3) is 0.600. The molecule has 2 rings (SSSR count). The molecule has 0 amide bonds. The maximum absolute atomic E-state index is 7.37. The van der Waals surface area contributed by atoms with Gasteiger partial charge in [-0.1, -0.05) is 32.9 Å². The van der Waals surface area contributed by atoms with Crippen LogP contribution in [-0.2, 0) is 5.41 Å². The van der Waals surface area contributed by atoms with Gasteiger partial charge in [-0.2, -0.15) is 0 Å². The summed E-state index contributed by atoms with van der Waals surface area (Å²) < 4.78 is 17.4. The van der Waals surface area contributed by atoms with Gasteiger partial charge in [0.05, 0.1) is 0 Å². The average molecular weight is 240 g/mol. The quantitative estimate of drug-likeness (QED) is 0.744. The molecule has 1 aromatic rings. The molecule has 0 saturated carbocycles. The number of hydrogen-bond acceptors (Lipinski definition) is 2. The van der Waals surface area contributed by atoms with E-state index in [9.17, 15) is 0 Å². The lowest BCUT2D eigenvalue weighted by molar-refractivity contribution is 0.313. The summed E-state index contributed by atoms with van der Waals surface area (Å²) in [6.45, 7) is 10.8. The molecular weight excluding hydrogens is 208 g/mol. The predicted octanol–water partition coefficient (Wildman–Crippen LogP) is 2.98. The largest absolute Gasteiger partial charge is 0.369 e. The van der Waals surface area contributed by atoms with Crippen LogP contribution in [0, 0.1) is 0 Å². The number of piperazine rings is 1. The van der Waals surface area contributed by atoms with Crippen LogP contribution in [-0.4, -0.2) is 38.1 Å². The molecule has 1 heterocycles. The first-order chi connectivity index (χ1) is 9.50. The first-order valence-electron chi connectivity index (χ1n) is 8.08. The second-order valence-corrected chi connectivity index (χ2v) is 5.90. The van der Waals surface area contributed by atoms with Gasteiger partial charge in [-0.3, -0.25) is 0 Å². The Morgan fingerprint density at radius 1 is 1.12 bits per heavy atom. The molecule has 0 spiro atoms. The number of nitrogens with zero attached hydrogens (tertiary/aromatic N) is 2. The first-order valence-corrected chi connectivity index (χ1v) is 6.38. The summed E-state index contributed by atoms with van der Waals surface area (Å²) in [5, 5.41) is 0. The smallest absolute Gasteiger partial charge is 0.0394 e. The Labute approximate surface area is 110 Å². The lowest BCUT2D eigenvalue weighted by Crippen LogP contribution is -2.44. The summed E-state index contributed by atoms with van der Waals surface area (Å²) in [5.74, 6) is 0. The fourth-order valence-electron chi connectivity index (χ4n) is 2.18. The zero-order valence-corrected chi connectivity index (χ0v) is 11.2. The van der Waals surface area contributed by atoms with Gasteiger partial charge >= 0.3 is 0 Å². The molecule has 1 aliphatic rings. The second-order valence-electron chi connectivity index (χ2n) is 5.90. The summed E-state index contributed by atoms with van der Waals surface area (Å²) in [7, 11) is 0.427. The van der Waals surface area contributed by atoms with Crippen molar-refractivity contribution in [2.75, 3.05) is 38.1 Å². The highest BCUT2D eigenvalue weighted by atomic mass is 15.2. The SMILES string of the molecule is [3H]CN1CCN(c2ccc(C(C)(C)C)cc2)CC1.[3H][3H]. The van der Waals surface area contributed by atoms with Gasteiger partial charge in [-0.15, -0.1) is 0 Å². The molecule has 96 valence electrons. The summed E-state index contributed by atoms with van der Waals surface area (Å²) in [4.78, 5) is 4.60. The van der Waals surface area contributed by atoms with Crippen LogP contribution in [0.25, 0.3) is 0 Å². The molecule has 1 saturated heterocycles. The minimum atomic E-state index is 0.225. The molecule has 0 aromatic heterocycles. The minimum Gasteiger partial charge on any atom is -0.369 e. The third-order valence-corrected chi connectivity index (χ3v) is 3.47. The molecule has 0 bridgehead atoms. The maximum atomic E-state index is 7.37. The van der Waals surface area contributed by atoms with E-state index >= 15 is 0 Å². The average Bonchev–Trinajstić information content (AvgIpc) is 2.49. The van der Waals surface area contributed by atoms with Crippen LogP contribution in [0.15, 0.2) is 24.3 Å². The normalized spacial score (nSPS) is 19.7. The van der Waals surface area contributed by atoms with Crippen LogP contribution < -0.4 is 4.90 Å². The zero-order chi connectivity index (χ0) is 15.2.